The van der Waals surface area contributed by atoms with Crippen LogP contribution >= 0.6 is 0 Å². The zero-order valence-electron chi connectivity index (χ0n) is 7.09. The molecule has 2 N–H and O–H groups in total. The SMILES string of the molecule is CCCC(C)(C)C(O)CO. The molecule has 2 heteroatoms. The summed E-state index contributed by atoms with van der Waals surface area (Å²) < 4.78 is 0. The maximum Gasteiger partial charge on any atom is 0.0821 e. The van der Waals surface area contributed by atoms with Crippen LogP contribution in [0.4, 0.5) is 0 Å². The fourth-order valence-electron chi connectivity index (χ4n) is 1.06. The first kappa shape index (κ1) is 9.92. The average molecular weight is 146 g/mol. The van der Waals surface area contributed by atoms with Gasteiger partial charge in [0.1, 0.15) is 0 Å². The molecule has 0 aromatic rings. The van der Waals surface area contributed by atoms with Crippen LogP contribution in [0.15, 0.2) is 0 Å². The van der Waals surface area contributed by atoms with Gasteiger partial charge in [-0.1, -0.05) is 27.2 Å². The summed E-state index contributed by atoms with van der Waals surface area (Å²) in [4.78, 5) is 0. The molecule has 10 heavy (non-hydrogen) atoms. The minimum atomic E-state index is -0.576. The Morgan fingerprint density at radius 1 is 1.40 bits per heavy atom. The molecule has 0 rings (SSSR count). The lowest BCUT2D eigenvalue weighted by molar-refractivity contribution is -0.00111. The van der Waals surface area contributed by atoms with Gasteiger partial charge in [0, 0.05) is 0 Å². The van der Waals surface area contributed by atoms with Crippen molar-refractivity contribution in [1.29, 1.82) is 0 Å². The molecule has 0 aliphatic carbocycles. The van der Waals surface area contributed by atoms with Gasteiger partial charge >= 0.3 is 0 Å². The Labute approximate surface area is 62.9 Å². The summed E-state index contributed by atoms with van der Waals surface area (Å²) in [7, 11) is 0. The van der Waals surface area contributed by atoms with Crippen LogP contribution in [0.3, 0.4) is 0 Å². The maximum atomic E-state index is 9.27. The minimum absolute atomic E-state index is 0.132. The molecule has 62 valence electrons. The van der Waals surface area contributed by atoms with Crippen LogP contribution in [-0.4, -0.2) is 22.9 Å². The van der Waals surface area contributed by atoms with Gasteiger partial charge in [-0.25, -0.2) is 0 Å². The topological polar surface area (TPSA) is 40.5 Å². The van der Waals surface area contributed by atoms with E-state index < -0.39 is 6.10 Å². The molecule has 0 heterocycles. The second-order valence-corrected chi connectivity index (χ2v) is 3.44. The highest BCUT2D eigenvalue weighted by Crippen LogP contribution is 2.26. The molecule has 0 fully saturated rings. The van der Waals surface area contributed by atoms with Crippen molar-refractivity contribution in [2.75, 3.05) is 6.61 Å². The summed E-state index contributed by atoms with van der Waals surface area (Å²) in [5, 5.41) is 17.9. The first-order valence-corrected chi connectivity index (χ1v) is 3.83. The molecule has 0 saturated carbocycles. The number of hydrogen-bond acceptors (Lipinski definition) is 2. The van der Waals surface area contributed by atoms with E-state index in [1.807, 2.05) is 13.8 Å². The summed E-state index contributed by atoms with van der Waals surface area (Å²) in [6.45, 7) is 5.88. The van der Waals surface area contributed by atoms with E-state index >= 15 is 0 Å². The lowest BCUT2D eigenvalue weighted by atomic mass is 9.82. The van der Waals surface area contributed by atoms with Crippen LogP contribution in [-0.2, 0) is 0 Å². The number of hydrogen-bond donors (Lipinski definition) is 2. The molecule has 0 aliphatic rings. The Morgan fingerprint density at radius 3 is 2.20 bits per heavy atom. The quantitative estimate of drug-likeness (QED) is 0.625. The normalized spacial score (nSPS) is 15.3. The predicted octanol–water partition coefficient (Wildman–Crippen LogP) is 1.17. The number of rotatable bonds is 4. The van der Waals surface area contributed by atoms with Gasteiger partial charge in [0.15, 0.2) is 0 Å². The molecule has 0 radical (unpaired) electrons. The summed E-state index contributed by atoms with van der Waals surface area (Å²) in [5.74, 6) is 0. The summed E-state index contributed by atoms with van der Waals surface area (Å²) >= 11 is 0. The van der Waals surface area contributed by atoms with Gasteiger partial charge < -0.3 is 10.2 Å². The second kappa shape index (κ2) is 3.94. The minimum Gasteiger partial charge on any atom is -0.394 e. The number of aliphatic hydroxyl groups excluding tert-OH is 2. The van der Waals surface area contributed by atoms with Gasteiger partial charge in [-0.15, -0.1) is 0 Å². The molecule has 0 aromatic carbocycles. The summed E-state index contributed by atoms with van der Waals surface area (Å²) in [5.41, 5.74) is -0.135. The molecule has 0 saturated heterocycles. The van der Waals surface area contributed by atoms with E-state index in [0.29, 0.717) is 0 Å². The zero-order chi connectivity index (χ0) is 8.20. The van der Waals surface area contributed by atoms with Gasteiger partial charge in [-0.3, -0.25) is 0 Å². The van der Waals surface area contributed by atoms with Crippen molar-refractivity contribution in [3.63, 3.8) is 0 Å². The Balaban J connectivity index is 3.82. The highest BCUT2D eigenvalue weighted by Gasteiger charge is 2.25. The first-order valence-electron chi connectivity index (χ1n) is 3.83. The van der Waals surface area contributed by atoms with Crippen LogP contribution in [0.5, 0.6) is 0 Å². The Bertz CT molecular complexity index is 89.3. The van der Waals surface area contributed by atoms with Gasteiger partial charge in [-0.2, -0.15) is 0 Å². The highest BCUT2D eigenvalue weighted by atomic mass is 16.3. The molecular weight excluding hydrogens is 128 g/mol. The smallest absolute Gasteiger partial charge is 0.0821 e. The van der Waals surface area contributed by atoms with E-state index in [4.69, 9.17) is 5.11 Å². The Kier molecular flexibility index (Phi) is 3.91. The van der Waals surface area contributed by atoms with Crippen LogP contribution in [0, 0.1) is 5.41 Å². The third-order valence-corrected chi connectivity index (χ3v) is 1.97. The van der Waals surface area contributed by atoms with E-state index in [2.05, 4.69) is 6.92 Å². The van der Waals surface area contributed by atoms with E-state index in [-0.39, 0.29) is 12.0 Å². The standard InChI is InChI=1S/C8H18O2/c1-4-5-8(2,3)7(10)6-9/h7,9-10H,4-6H2,1-3H3. The highest BCUT2D eigenvalue weighted by molar-refractivity contribution is 4.76. The van der Waals surface area contributed by atoms with Crippen molar-refractivity contribution < 1.29 is 10.2 Å². The monoisotopic (exact) mass is 146 g/mol. The molecule has 1 unspecified atom stereocenters. The largest absolute Gasteiger partial charge is 0.394 e. The van der Waals surface area contributed by atoms with Gasteiger partial charge in [-0.05, 0) is 11.8 Å². The van der Waals surface area contributed by atoms with Crippen LogP contribution in [0.2, 0.25) is 0 Å². The van der Waals surface area contributed by atoms with E-state index in [1.165, 1.54) is 0 Å². The predicted molar refractivity (Wildman–Crippen MR) is 41.8 cm³/mol. The lowest BCUT2D eigenvalue weighted by Gasteiger charge is -2.28. The molecule has 1 atom stereocenters. The third kappa shape index (κ3) is 2.67. The van der Waals surface area contributed by atoms with Crippen molar-refractivity contribution in [3.8, 4) is 0 Å². The van der Waals surface area contributed by atoms with Crippen molar-refractivity contribution in [2.45, 2.75) is 39.7 Å². The molecule has 0 amide bonds. The summed E-state index contributed by atoms with van der Waals surface area (Å²) in [6.07, 6.45) is 1.42. The van der Waals surface area contributed by atoms with E-state index in [1.54, 1.807) is 0 Å². The van der Waals surface area contributed by atoms with Crippen LogP contribution < -0.4 is 0 Å². The second-order valence-electron chi connectivity index (χ2n) is 3.44. The van der Waals surface area contributed by atoms with Crippen LogP contribution in [0.1, 0.15) is 33.6 Å². The summed E-state index contributed by atoms with van der Waals surface area (Å²) in [6, 6.07) is 0. The average Bonchev–Trinajstić information content (AvgIpc) is 1.86. The Morgan fingerprint density at radius 2 is 1.90 bits per heavy atom. The van der Waals surface area contributed by atoms with E-state index in [0.717, 1.165) is 12.8 Å². The fourth-order valence-corrected chi connectivity index (χ4v) is 1.06. The fraction of sp³-hybridized carbons (Fsp3) is 1.00. The molecular formula is C8H18O2. The van der Waals surface area contributed by atoms with E-state index in [9.17, 15) is 5.11 Å². The van der Waals surface area contributed by atoms with Crippen molar-refractivity contribution in [3.05, 3.63) is 0 Å². The third-order valence-electron chi connectivity index (χ3n) is 1.97. The molecule has 0 aromatic heterocycles. The molecule has 0 spiro atoms. The van der Waals surface area contributed by atoms with Crippen molar-refractivity contribution >= 4 is 0 Å². The first-order chi connectivity index (χ1) is 4.54. The van der Waals surface area contributed by atoms with Gasteiger partial charge in [0.25, 0.3) is 0 Å². The van der Waals surface area contributed by atoms with Crippen LogP contribution in [0.25, 0.3) is 0 Å². The Hall–Kier alpha value is -0.0800. The molecule has 2 nitrogen and oxygen atoms in total. The number of aliphatic hydroxyl groups is 2. The lowest BCUT2D eigenvalue weighted by Crippen LogP contribution is -2.32. The molecule has 0 bridgehead atoms. The maximum absolute atomic E-state index is 9.27. The molecule has 0 aliphatic heterocycles. The van der Waals surface area contributed by atoms with Gasteiger partial charge in [0.05, 0.1) is 12.7 Å². The van der Waals surface area contributed by atoms with Crippen molar-refractivity contribution in [2.24, 2.45) is 5.41 Å². The van der Waals surface area contributed by atoms with Gasteiger partial charge in [0.2, 0.25) is 0 Å². The zero-order valence-corrected chi connectivity index (χ0v) is 7.09. The van der Waals surface area contributed by atoms with Crippen molar-refractivity contribution in [1.82, 2.24) is 0 Å².